The molecule has 9 heteroatoms. The van der Waals surface area contributed by atoms with Crippen LogP contribution < -0.4 is 4.74 Å². The highest BCUT2D eigenvalue weighted by molar-refractivity contribution is 5.67. The van der Waals surface area contributed by atoms with Gasteiger partial charge in [-0.2, -0.15) is 13.2 Å². The number of nitrogens with zero attached hydrogens (tertiary/aromatic N) is 1. The Labute approximate surface area is 119 Å². The number of para-hydroxylation sites is 1. The first-order valence-electron chi connectivity index (χ1n) is 5.66. The van der Waals surface area contributed by atoms with Crippen LogP contribution >= 0.6 is 0 Å². The summed E-state index contributed by atoms with van der Waals surface area (Å²) in [5.41, 5.74) is -2.43. The van der Waals surface area contributed by atoms with Gasteiger partial charge in [0.15, 0.2) is 0 Å². The maximum Gasteiger partial charge on any atom is 0.573 e. The highest BCUT2D eigenvalue weighted by Crippen LogP contribution is 2.36. The number of aromatic nitrogens is 1. The van der Waals surface area contributed by atoms with Gasteiger partial charge in [0.2, 0.25) is 0 Å². The molecule has 2 rings (SSSR count). The SMILES string of the molecule is Fc1cc(C(F)(F)F)cnc1-c1ccccc1OC(F)(F)F. The normalized spacial score (nSPS) is 12.3. The second-order valence-electron chi connectivity index (χ2n) is 4.10. The number of hydrogen-bond acceptors (Lipinski definition) is 2. The fourth-order valence-corrected chi connectivity index (χ4v) is 1.67. The lowest BCUT2D eigenvalue weighted by molar-refractivity contribution is -0.274. The average Bonchev–Trinajstić information content (AvgIpc) is 2.37. The number of alkyl halides is 6. The number of ether oxygens (including phenoxy) is 1. The van der Waals surface area contributed by atoms with Crippen LogP contribution in [0.2, 0.25) is 0 Å². The minimum Gasteiger partial charge on any atom is -0.405 e. The highest BCUT2D eigenvalue weighted by Gasteiger charge is 2.34. The molecule has 0 radical (unpaired) electrons. The van der Waals surface area contributed by atoms with Gasteiger partial charge in [0.25, 0.3) is 0 Å². The second kappa shape index (κ2) is 5.47. The smallest absolute Gasteiger partial charge is 0.405 e. The van der Waals surface area contributed by atoms with Crippen LogP contribution in [0.15, 0.2) is 36.5 Å². The first-order valence-corrected chi connectivity index (χ1v) is 5.66. The maximum atomic E-state index is 13.8. The number of halogens is 7. The third kappa shape index (κ3) is 3.66. The number of pyridine rings is 1. The predicted molar refractivity (Wildman–Crippen MR) is 61.3 cm³/mol. The van der Waals surface area contributed by atoms with Gasteiger partial charge < -0.3 is 4.74 Å². The molecule has 22 heavy (non-hydrogen) atoms. The Kier molecular flexibility index (Phi) is 3.99. The van der Waals surface area contributed by atoms with Crippen LogP contribution in [0.25, 0.3) is 11.3 Å². The minimum atomic E-state index is -5.03. The van der Waals surface area contributed by atoms with Crippen molar-refractivity contribution in [1.29, 1.82) is 0 Å². The maximum absolute atomic E-state index is 13.8. The fourth-order valence-electron chi connectivity index (χ4n) is 1.67. The van der Waals surface area contributed by atoms with Gasteiger partial charge in [0.1, 0.15) is 17.3 Å². The molecule has 0 atom stereocenters. The van der Waals surface area contributed by atoms with Crippen LogP contribution in [0.5, 0.6) is 5.75 Å². The van der Waals surface area contributed by atoms with E-state index in [9.17, 15) is 30.7 Å². The molecular formula is C13H6F7NO. The van der Waals surface area contributed by atoms with Crippen LogP contribution in [0.3, 0.4) is 0 Å². The molecule has 2 nitrogen and oxygen atoms in total. The first-order chi connectivity index (χ1) is 10.1. The van der Waals surface area contributed by atoms with Gasteiger partial charge in [-0.3, -0.25) is 4.98 Å². The topological polar surface area (TPSA) is 22.1 Å². The summed E-state index contributed by atoms with van der Waals surface area (Å²) in [7, 11) is 0. The van der Waals surface area contributed by atoms with Crippen molar-refractivity contribution in [2.75, 3.05) is 0 Å². The summed E-state index contributed by atoms with van der Waals surface area (Å²) in [6, 6.07) is 4.60. The molecule has 1 aromatic heterocycles. The van der Waals surface area contributed by atoms with Crippen LogP contribution in [0.1, 0.15) is 5.56 Å². The summed E-state index contributed by atoms with van der Waals surface area (Å²) in [5.74, 6) is -2.17. The molecule has 0 amide bonds. The molecular weight excluding hydrogens is 319 g/mol. The zero-order chi connectivity index (χ0) is 16.5. The third-order valence-electron chi connectivity index (χ3n) is 2.54. The second-order valence-corrected chi connectivity index (χ2v) is 4.10. The first kappa shape index (κ1) is 16.1. The van der Waals surface area contributed by atoms with Gasteiger partial charge in [-0.05, 0) is 18.2 Å². The van der Waals surface area contributed by atoms with Crippen molar-refractivity contribution < 1.29 is 35.5 Å². The van der Waals surface area contributed by atoms with E-state index in [1.54, 1.807) is 0 Å². The lowest BCUT2D eigenvalue weighted by atomic mass is 10.1. The van der Waals surface area contributed by atoms with E-state index in [4.69, 9.17) is 0 Å². The zero-order valence-corrected chi connectivity index (χ0v) is 10.5. The van der Waals surface area contributed by atoms with E-state index in [0.717, 1.165) is 12.1 Å². The molecule has 2 aromatic rings. The standard InChI is InChI=1S/C13H6F7NO/c14-9-5-7(12(15,16)17)6-21-11(9)8-3-1-2-4-10(8)22-13(18,19)20/h1-6H. The Bertz CT molecular complexity index is 679. The number of benzene rings is 1. The zero-order valence-electron chi connectivity index (χ0n) is 10.5. The Morgan fingerprint density at radius 3 is 2.14 bits per heavy atom. The predicted octanol–water partition coefficient (Wildman–Crippen LogP) is 4.81. The molecule has 118 valence electrons. The summed E-state index contributed by atoms with van der Waals surface area (Å²) < 4.78 is 91.6. The largest absolute Gasteiger partial charge is 0.573 e. The van der Waals surface area contributed by atoms with Gasteiger partial charge in [-0.1, -0.05) is 12.1 Å². The fraction of sp³-hybridized carbons (Fsp3) is 0.154. The lowest BCUT2D eigenvalue weighted by Crippen LogP contribution is -2.17. The summed E-state index contributed by atoms with van der Waals surface area (Å²) in [6.07, 6.45) is -9.50. The summed E-state index contributed by atoms with van der Waals surface area (Å²) >= 11 is 0. The van der Waals surface area contributed by atoms with E-state index in [1.165, 1.54) is 12.1 Å². The van der Waals surface area contributed by atoms with E-state index >= 15 is 0 Å². The molecule has 0 N–H and O–H groups in total. The Hall–Kier alpha value is -2.32. The number of rotatable bonds is 2. The van der Waals surface area contributed by atoms with Crippen molar-refractivity contribution in [3.8, 4) is 17.0 Å². The van der Waals surface area contributed by atoms with Gasteiger partial charge in [-0.15, -0.1) is 13.2 Å². The van der Waals surface area contributed by atoms with E-state index in [1.807, 2.05) is 0 Å². The quantitative estimate of drug-likeness (QED) is 0.740. The molecule has 1 heterocycles. The van der Waals surface area contributed by atoms with Crippen molar-refractivity contribution in [1.82, 2.24) is 4.98 Å². The van der Waals surface area contributed by atoms with Crippen molar-refractivity contribution in [3.05, 3.63) is 47.9 Å². The van der Waals surface area contributed by atoms with Crippen molar-refractivity contribution in [3.63, 3.8) is 0 Å². The summed E-state index contributed by atoms with van der Waals surface area (Å²) in [6.45, 7) is 0. The van der Waals surface area contributed by atoms with Crippen LogP contribution in [-0.2, 0) is 6.18 Å². The van der Waals surface area contributed by atoms with Crippen LogP contribution in [-0.4, -0.2) is 11.3 Å². The molecule has 1 aromatic carbocycles. The van der Waals surface area contributed by atoms with E-state index in [-0.39, 0.29) is 6.07 Å². The van der Waals surface area contributed by atoms with Crippen LogP contribution in [0.4, 0.5) is 30.7 Å². The number of hydrogen-bond donors (Lipinski definition) is 0. The van der Waals surface area contributed by atoms with Gasteiger partial charge >= 0.3 is 12.5 Å². The van der Waals surface area contributed by atoms with E-state index in [2.05, 4.69) is 9.72 Å². The molecule has 0 fully saturated rings. The molecule has 0 saturated heterocycles. The van der Waals surface area contributed by atoms with Gasteiger partial charge in [0.05, 0.1) is 5.56 Å². The minimum absolute atomic E-state index is 0.159. The molecule has 0 unspecified atom stereocenters. The molecule has 0 aliphatic carbocycles. The van der Waals surface area contributed by atoms with Crippen LogP contribution in [0, 0.1) is 5.82 Å². The molecule has 0 aliphatic heterocycles. The van der Waals surface area contributed by atoms with Crippen molar-refractivity contribution >= 4 is 0 Å². The summed E-state index contributed by atoms with van der Waals surface area (Å²) in [5, 5.41) is 0. The molecule has 0 spiro atoms. The van der Waals surface area contributed by atoms with E-state index < -0.39 is 40.9 Å². The summed E-state index contributed by atoms with van der Waals surface area (Å²) in [4.78, 5) is 3.26. The third-order valence-corrected chi connectivity index (χ3v) is 2.54. The van der Waals surface area contributed by atoms with Gasteiger partial charge in [-0.25, -0.2) is 4.39 Å². The van der Waals surface area contributed by atoms with Crippen molar-refractivity contribution in [2.24, 2.45) is 0 Å². The Morgan fingerprint density at radius 2 is 1.59 bits per heavy atom. The van der Waals surface area contributed by atoms with Crippen molar-refractivity contribution in [2.45, 2.75) is 12.5 Å². The molecule has 0 bridgehead atoms. The van der Waals surface area contributed by atoms with E-state index in [0.29, 0.717) is 6.20 Å². The molecule has 0 saturated carbocycles. The average molecular weight is 325 g/mol. The van der Waals surface area contributed by atoms with Gasteiger partial charge in [0, 0.05) is 11.8 Å². The monoisotopic (exact) mass is 325 g/mol. The lowest BCUT2D eigenvalue weighted by Gasteiger charge is -2.14. The Morgan fingerprint density at radius 1 is 0.955 bits per heavy atom. The Balaban J connectivity index is 2.49. The molecule has 0 aliphatic rings. The highest BCUT2D eigenvalue weighted by atomic mass is 19.4.